The Labute approximate surface area is 208 Å². The molecule has 0 aliphatic carbocycles. The molecule has 0 fully saturated rings. The van der Waals surface area contributed by atoms with Gasteiger partial charge in [0.05, 0.1) is 0 Å². The normalized spacial score (nSPS) is 12.0. The summed E-state index contributed by atoms with van der Waals surface area (Å²) in [6, 6.07) is 11.9. The standard InChI is InChI=1S/C30H57P.H4Si/c1-4-7-10-13-16-22-27-31(30-25-20-19-21-26-30,28-23-17-14-11-8-5-2)29-24-18-15-12-9-6-3;/h19-21,25-26,31H,4-18,22-24,27-29H2,1-3H3;1H4. The van der Waals surface area contributed by atoms with E-state index in [0.717, 1.165) is 0 Å². The van der Waals surface area contributed by atoms with Gasteiger partial charge in [0.15, 0.2) is 0 Å². The molecule has 0 spiro atoms. The third-order valence-electron chi connectivity index (χ3n) is 7.41. The minimum Gasteiger partial charge on any atom is -0.0149 e. The van der Waals surface area contributed by atoms with Crippen LogP contribution in [0.5, 0.6) is 0 Å². The van der Waals surface area contributed by atoms with Crippen LogP contribution in [-0.2, 0) is 0 Å². The van der Waals surface area contributed by atoms with Crippen molar-refractivity contribution in [1.82, 2.24) is 0 Å². The maximum absolute atomic E-state index is 2.51. The zero-order valence-corrected chi connectivity index (χ0v) is 22.7. The van der Waals surface area contributed by atoms with Crippen LogP contribution >= 0.6 is 7.26 Å². The minimum absolute atomic E-state index is 0. The van der Waals surface area contributed by atoms with Gasteiger partial charge in [-0.1, -0.05) is 0 Å². The van der Waals surface area contributed by atoms with Gasteiger partial charge in [0.1, 0.15) is 0 Å². The first-order valence-electron chi connectivity index (χ1n) is 14.3. The maximum Gasteiger partial charge on any atom is -0.0149 e. The summed E-state index contributed by atoms with van der Waals surface area (Å²) in [6.45, 7) is 6.98. The van der Waals surface area contributed by atoms with E-state index < -0.39 is 7.26 Å². The van der Waals surface area contributed by atoms with Crippen molar-refractivity contribution in [2.75, 3.05) is 18.5 Å². The molecule has 0 nitrogen and oxygen atoms in total. The number of benzene rings is 1. The molecule has 0 amide bonds. The summed E-state index contributed by atoms with van der Waals surface area (Å²) in [7, 11) is -1.38. The van der Waals surface area contributed by atoms with Gasteiger partial charge in [-0.15, -0.1) is 0 Å². The van der Waals surface area contributed by atoms with Crippen molar-refractivity contribution in [3.8, 4) is 0 Å². The molecular weight excluding hydrogens is 419 g/mol. The average molecular weight is 481 g/mol. The van der Waals surface area contributed by atoms with Crippen molar-refractivity contribution >= 4 is 23.5 Å². The van der Waals surface area contributed by atoms with Crippen LogP contribution in [-0.4, -0.2) is 29.5 Å². The monoisotopic (exact) mass is 480 g/mol. The zero-order chi connectivity index (χ0) is 22.5. The van der Waals surface area contributed by atoms with Crippen molar-refractivity contribution in [2.24, 2.45) is 0 Å². The second-order valence-electron chi connectivity index (χ2n) is 10.2. The van der Waals surface area contributed by atoms with E-state index >= 15 is 0 Å². The van der Waals surface area contributed by atoms with Crippen molar-refractivity contribution in [1.29, 1.82) is 0 Å². The van der Waals surface area contributed by atoms with Crippen molar-refractivity contribution < 1.29 is 0 Å². The van der Waals surface area contributed by atoms with Crippen LogP contribution in [0, 0.1) is 0 Å². The first-order valence-corrected chi connectivity index (χ1v) is 17.0. The Morgan fingerprint density at radius 3 is 1.09 bits per heavy atom. The van der Waals surface area contributed by atoms with Gasteiger partial charge in [-0.25, -0.2) is 0 Å². The molecule has 1 aromatic carbocycles. The second-order valence-corrected chi connectivity index (χ2v) is 14.8. The summed E-state index contributed by atoms with van der Waals surface area (Å²) < 4.78 is 0. The Morgan fingerprint density at radius 2 is 0.750 bits per heavy atom. The molecule has 0 aliphatic rings. The van der Waals surface area contributed by atoms with Gasteiger partial charge in [-0.2, -0.15) is 0 Å². The third-order valence-corrected chi connectivity index (χ3v) is 12.9. The Bertz CT molecular complexity index is 446. The van der Waals surface area contributed by atoms with Gasteiger partial charge in [0.25, 0.3) is 0 Å². The summed E-state index contributed by atoms with van der Waals surface area (Å²) in [5, 5.41) is 1.78. The molecule has 0 unspecified atom stereocenters. The molecule has 0 aliphatic heterocycles. The number of hydrogen-bond donors (Lipinski definition) is 0. The molecule has 0 saturated carbocycles. The van der Waals surface area contributed by atoms with E-state index in [-0.39, 0.29) is 11.0 Å². The van der Waals surface area contributed by atoms with Crippen LogP contribution < -0.4 is 5.30 Å². The quantitative estimate of drug-likeness (QED) is 0.0884. The minimum atomic E-state index is -1.38. The largest absolute Gasteiger partial charge is 0.0149 e. The molecule has 0 radical (unpaired) electrons. The fourth-order valence-electron chi connectivity index (χ4n) is 5.33. The van der Waals surface area contributed by atoms with E-state index in [1.807, 2.05) is 0 Å². The van der Waals surface area contributed by atoms with E-state index in [4.69, 9.17) is 0 Å². The van der Waals surface area contributed by atoms with Crippen LogP contribution in [0.15, 0.2) is 30.3 Å². The van der Waals surface area contributed by atoms with Crippen molar-refractivity contribution in [2.45, 2.75) is 136 Å². The van der Waals surface area contributed by atoms with Crippen LogP contribution in [0.1, 0.15) is 136 Å². The molecule has 32 heavy (non-hydrogen) atoms. The average Bonchev–Trinajstić information content (AvgIpc) is 2.80. The summed E-state index contributed by atoms with van der Waals surface area (Å²) in [5.41, 5.74) is 0. The number of hydrogen-bond acceptors (Lipinski definition) is 0. The Hall–Kier alpha value is -0.133. The van der Waals surface area contributed by atoms with E-state index in [9.17, 15) is 0 Å². The molecule has 190 valence electrons. The molecule has 1 rings (SSSR count). The fourth-order valence-corrected chi connectivity index (χ4v) is 10.6. The number of unbranched alkanes of at least 4 members (excludes halogenated alkanes) is 15. The second kappa shape index (κ2) is 22.6. The van der Waals surface area contributed by atoms with Crippen LogP contribution in [0.25, 0.3) is 0 Å². The molecule has 0 saturated heterocycles. The van der Waals surface area contributed by atoms with E-state index in [1.165, 1.54) is 116 Å². The first kappa shape index (κ1) is 31.9. The summed E-state index contributed by atoms with van der Waals surface area (Å²) in [5.74, 6) is 0. The van der Waals surface area contributed by atoms with Crippen LogP contribution in [0.4, 0.5) is 0 Å². The van der Waals surface area contributed by atoms with Crippen LogP contribution in [0.3, 0.4) is 0 Å². The molecular formula is C30H61PSi. The van der Waals surface area contributed by atoms with Gasteiger partial charge in [-0.3, -0.25) is 0 Å². The SMILES string of the molecule is CCCCCCCC[PH](CCCCCCCC)(CCCCCCCC)c1ccccc1.[SiH4]. The molecule has 0 N–H and O–H groups in total. The zero-order valence-electron chi connectivity index (χ0n) is 21.7. The van der Waals surface area contributed by atoms with Gasteiger partial charge < -0.3 is 0 Å². The topological polar surface area (TPSA) is 0 Å². The van der Waals surface area contributed by atoms with Crippen molar-refractivity contribution in [3.05, 3.63) is 30.3 Å². The molecule has 0 aromatic heterocycles. The maximum atomic E-state index is 2.51. The Balaban J connectivity index is 0.00000961. The number of rotatable bonds is 22. The molecule has 1 aromatic rings. The van der Waals surface area contributed by atoms with E-state index in [0.29, 0.717) is 0 Å². The van der Waals surface area contributed by atoms with Gasteiger partial charge >= 0.3 is 198 Å². The molecule has 0 atom stereocenters. The van der Waals surface area contributed by atoms with Gasteiger partial charge in [0, 0.05) is 0 Å². The fraction of sp³-hybridized carbons (Fsp3) is 0.800. The van der Waals surface area contributed by atoms with Gasteiger partial charge in [0.2, 0.25) is 0 Å². The molecule has 0 bridgehead atoms. The van der Waals surface area contributed by atoms with Gasteiger partial charge in [-0.05, 0) is 11.0 Å². The third kappa shape index (κ3) is 14.9. The van der Waals surface area contributed by atoms with Crippen molar-refractivity contribution in [3.63, 3.8) is 0 Å². The predicted octanol–water partition coefficient (Wildman–Crippen LogP) is 8.69. The van der Waals surface area contributed by atoms with E-state index in [1.54, 1.807) is 23.8 Å². The molecule has 2 heteroatoms. The predicted molar refractivity (Wildman–Crippen MR) is 160 cm³/mol. The smallest absolute Gasteiger partial charge is 0.0149 e. The van der Waals surface area contributed by atoms with E-state index in [2.05, 4.69) is 51.1 Å². The Kier molecular flexibility index (Phi) is 22.6. The first-order chi connectivity index (χ1) is 15.3. The van der Waals surface area contributed by atoms with Crippen LogP contribution in [0.2, 0.25) is 0 Å². The summed E-state index contributed by atoms with van der Waals surface area (Å²) >= 11 is 0. The summed E-state index contributed by atoms with van der Waals surface area (Å²) in [6.07, 6.45) is 30.6. The Morgan fingerprint density at radius 1 is 0.438 bits per heavy atom. The summed E-state index contributed by atoms with van der Waals surface area (Å²) in [4.78, 5) is 0. The molecule has 0 heterocycles.